The summed E-state index contributed by atoms with van der Waals surface area (Å²) in [5.41, 5.74) is 7.27. The lowest BCUT2D eigenvalue weighted by Crippen LogP contribution is -2.45. The number of aromatic nitrogens is 1. The fourth-order valence-electron chi connectivity index (χ4n) is 2.64. The van der Waals surface area contributed by atoms with Gasteiger partial charge < -0.3 is 15.4 Å². The van der Waals surface area contributed by atoms with Crippen LogP contribution in [0.15, 0.2) is 30.5 Å². The Bertz CT molecular complexity index is 676. The molecule has 7 nitrogen and oxygen atoms in total. The molecule has 0 bridgehead atoms. The molecule has 1 aromatic heterocycles. The summed E-state index contributed by atoms with van der Waals surface area (Å²) >= 11 is 0. The lowest BCUT2D eigenvalue weighted by atomic mass is 10.1. The van der Waals surface area contributed by atoms with Gasteiger partial charge in [-0.1, -0.05) is 0 Å². The SMILES string of the molecule is NCC1CN(c2ccc([N+](=O)[O-])c3cccnc23)CCO1. The molecule has 0 aliphatic carbocycles. The predicted octanol–water partition coefficient (Wildman–Crippen LogP) is 1.31. The molecule has 0 saturated carbocycles. The summed E-state index contributed by atoms with van der Waals surface area (Å²) in [7, 11) is 0. The lowest BCUT2D eigenvalue weighted by Gasteiger charge is -2.34. The first kappa shape index (κ1) is 13.7. The van der Waals surface area contributed by atoms with Crippen molar-refractivity contribution < 1.29 is 9.66 Å². The number of nitrogens with zero attached hydrogens (tertiary/aromatic N) is 3. The highest BCUT2D eigenvalue weighted by molar-refractivity contribution is 5.97. The molecule has 21 heavy (non-hydrogen) atoms. The van der Waals surface area contributed by atoms with Gasteiger partial charge in [0.05, 0.1) is 28.7 Å². The molecule has 2 aromatic rings. The van der Waals surface area contributed by atoms with Gasteiger partial charge in [-0.15, -0.1) is 0 Å². The molecule has 1 fully saturated rings. The van der Waals surface area contributed by atoms with Crippen LogP contribution in [0.3, 0.4) is 0 Å². The first-order valence-electron chi connectivity index (χ1n) is 6.79. The number of benzene rings is 1. The van der Waals surface area contributed by atoms with Crippen LogP contribution in [0, 0.1) is 10.1 Å². The highest BCUT2D eigenvalue weighted by Gasteiger charge is 2.23. The third kappa shape index (κ3) is 2.53. The fourth-order valence-corrected chi connectivity index (χ4v) is 2.64. The minimum Gasteiger partial charge on any atom is -0.373 e. The van der Waals surface area contributed by atoms with Crippen LogP contribution >= 0.6 is 0 Å². The summed E-state index contributed by atoms with van der Waals surface area (Å²) in [5.74, 6) is 0. The third-order valence-corrected chi connectivity index (χ3v) is 3.66. The van der Waals surface area contributed by atoms with Crippen molar-refractivity contribution in [2.75, 3.05) is 31.1 Å². The monoisotopic (exact) mass is 288 g/mol. The molecule has 2 heterocycles. The van der Waals surface area contributed by atoms with E-state index in [-0.39, 0.29) is 16.7 Å². The zero-order valence-corrected chi connectivity index (χ0v) is 11.4. The van der Waals surface area contributed by atoms with E-state index in [4.69, 9.17) is 10.5 Å². The Balaban J connectivity index is 2.07. The van der Waals surface area contributed by atoms with Crippen LogP contribution < -0.4 is 10.6 Å². The van der Waals surface area contributed by atoms with Crippen LogP contribution in [-0.4, -0.2) is 42.3 Å². The largest absolute Gasteiger partial charge is 0.373 e. The van der Waals surface area contributed by atoms with Crippen molar-refractivity contribution in [3.05, 3.63) is 40.6 Å². The van der Waals surface area contributed by atoms with Gasteiger partial charge in [-0.25, -0.2) is 0 Å². The molecule has 1 unspecified atom stereocenters. The number of nitro benzene ring substituents is 1. The predicted molar refractivity (Wildman–Crippen MR) is 79.4 cm³/mol. The third-order valence-electron chi connectivity index (χ3n) is 3.66. The van der Waals surface area contributed by atoms with E-state index in [1.54, 1.807) is 24.4 Å². The molecule has 0 spiro atoms. The molecule has 1 aromatic carbocycles. The van der Waals surface area contributed by atoms with Crippen molar-refractivity contribution in [2.45, 2.75) is 6.10 Å². The summed E-state index contributed by atoms with van der Waals surface area (Å²) in [4.78, 5) is 17.2. The van der Waals surface area contributed by atoms with Gasteiger partial charge in [0.2, 0.25) is 0 Å². The smallest absolute Gasteiger partial charge is 0.278 e. The van der Waals surface area contributed by atoms with Crippen LogP contribution in [0.25, 0.3) is 10.9 Å². The number of nitrogens with two attached hydrogens (primary N) is 1. The van der Waals surface area contributed by atoms with E-state index in [1.807, 2.05) is 0 Å². The number of rotatable bonds is 3. The second kappa shape index (κ2) is 5.63. The summed E-state index contributed by atoms with van der Waals surface area (Å²) in [6.45, 7) is 2.43. The minimum atomic E-state index is -0.379. The maximum atomic E-state index is 11.1. The van der Waals surface area contributed by atoms with Crippen molar-refractivity contribution in [2.24, 2.45) is 5.73 Å². The Morgan fingerprint density at radius 1 is 1.48 bits per heavy atom. The number of anilines is 1. The zero-order chi connectivity index (χ0) is 14.8. The van der Waals surface area contributed by atoms with Crippen LogP contribution in [0.1, 0.15) is 0 Å². The molecular formula is C14H16N4O3. The molecule has 0 radical (unpaired) electrons. The summed E-state index contributed by atoms with van der Waals surface area (Å²) in [5, 5.41) is 11.7. The van der Waals surface area contributed by atoms with Crippen molar-refractivity contribution in [3.63, 3.8) is 0 Å². The quantitative estimate of drug-likeness (QED) is 0.676. The molecule has 110 valence electrons. The highest BCUT2D eigenvalue weighted by atomic mass is 16.6. The van der Waals surface area contributed by atoms with E-state index in [9.17, 15) is 10.1 Å². The molecule has 3 rings (SSSR count). The molecule has 7 heteroatoms. The number of nitro groups is 1. The zero-order valence-electron chi connectivity index (χ0n) is 11.4. The summed E-state index contributed by atoms with van der Waals surface area (Å²) in [6, 6.07) is 6.73. The molecule has 1 atom stereocenters. The van der Waals surface area contributed by atoms with Gasteiger partial charge in [0.1, 0.15) is 5.52 Å². The second-order valence-electron chi connectivity index (χ2n) is 4.94. The number of pyridine rings is 1. The molecule has 0 amide bonds. The maximum absolute atomic E-state index is 11.1. The number of morpholine rings is 1. The van der Waals surface area contributed by atoms with E-state index in [1.165, 1.54) is 6.07 Å². The number of fused-ring (bicyclic) bond motifs is 1. The van der Waals surface area contributed by atoms with Crippen LogP contribution in [0.2, 0.25) is 0 Å². The van der Waals surface area contributed by atoms with Crippen LogP contribution in [-0.2, 0) is 4.74 Å². The Kier molecular flexibility index (Phi) is 3.68. The Morgan fingerprint density at radius 2 is 2.33 bits per heavy atom. The van der Waals surface area contributed by atoms with E-state index < -0.39 is 0 Å². The van der Waals surface area contributed by atoms with E-state index in [0.717, 1.165) is 12.2 Å². The Morgan fingerprint density at radius 3 is 3.10 bits per heavy atom. The number of hydrogen-bond donors (Lipinski definition) is 1. The van der Waals surface area contributed by atoms with Gasteiger partial charge in [-0.05, 0) is 18.2 Å². The molecule has 1 aliphatic heterocycles. The van der Waals surface area contributed by atoms with Crippen LogP contribution in [0.4, 0.5) is 11.4 Å². The first-order chi connectivity index (χ1) is 10.2. The van der Waals surface area contributed by atoms with Gasteiger partial charge >= 0.3 is 0 Å². The molecular weight excluding hydrogens is 272 g/mol. The van der Waals surface area contributed by atoms with Crippen molar-refractivity contribution in [1.29, 1.82) is 0 Å². The Labute approximate surface area is 121 Å². The lowest BCUT2D eigenvalue weighted by molar-refractivity contribution is -0.383. The molecule has 1 saturated heterocycles. The molecule has 1 aliphatic rings. The number of ether oxygens (including phenoxy) is 1. The molecule has 2 N–H and O–H groups in total. The Hall–Kier alpha value is -2.25. The van der Waals surface area contributed by atoms with E-state index >= 15 is 0 Å². The highest BCUT2D eigenvalue weighted by Crippen LogP contribution is 2.32. The van der Waals surface area contributed by atoms with Gasteiger partial charge in [0.25, 0.3) is 5.69 Å². The van der Waals surface area contributed by atoms with Gasteiger partial charge in [-0.3, -0.25) is 15.1 Å². The number of hydrogen-bond acceptors (Lipinski definition) is 6. The van der Waals surface area contributed by atoms with Gasteiger partial charge in [0.15, 0.2) is 0 Å². The van der Waals surface area contributed by atoms with Crippen molar-refractivity contribution >= 4 is 22.3 Å². The van der Waals surface area contributed by atoms with Crippen LogP contribution in [0.5, 0.6) is 0 Å². The first-order valence-corrected chi connectivity index (χ1v) is 6.79. The van der Waals surface area contributed by atoms with Crippen molar-refractivity contribution in [3.8, 4) is 0 Å². The average Bonchev–Trinajstić information content (AvgIpc) is 2.53. The fraction of sp³-hybridized carbons (Fsp3) is 0.357. The number of non-ortho nitro benzene ring substituents is 1. The average molecular weight is 288 g/mol. The topological polar surface area (TPSA) is 94.5 Å². The standard InChI is InChI=1S/C14H16N4O3/c15-8-10-9-17(6-7-21-10)13-4-3-12(18(19)20)11-2-1-5-16-14(11)13/h1-5,10H,6-9,15H2. The van der Waals surface area contributed by atoms with E-state index in [0.29, 0.717) is 30.6 Å². The summed E-state index contributed by atoms with van der Waals surface area (Å²) < 4.78 is 5.56. The van der Waals surface area contributed by atoms with Gasteiger partial charge in [0, 0.05) is 31.9 Å². The summed E-state index contributed by atoms with van der Waals surface area (Å²) in [6.07, 6.45) is 1.63. The normalized spacial score (nSPS) is 18.9. The maximum Gasteiger partial charge on any atom is 0.278 e. The second-order valence-corrected chi connectivity index (χ2v) is 4.94. The van der Waals surface area contributed by atoms with Gasteiger partial charge in [-0.2, -0.15) is 0 Å². The van der Waals surface area contributed by atoms with Crippen molar-refractivity contribution in [1.82, 2.24) is 4.98 Å². The van der Waals surface area contributed by atoms with E-state index in [2.05, 4.69) is 9.88 Å². The minimum absolute atomic E-state index is 0.0206.